The SMILES string of the molecule is O=C(Cc1ccccn1)OCN1C(=O)NC(c2ccccc2)(c2ccccc2)C1=O. The standard InChI is InChI=1S/C23H19N3O4/c27-20(15-19-13-7-8-14-24-19)30-16-26-21(28)23(25-22(26)29,17-9-3-1-4-10-17)18-11-5-2-6-12-18/h1-14H,15-16H2,(H,25,29). The highest BCUT2D eigenvalue weighted by Crippen LogP contribution is 2.35. The van der Waals surface area contributed by atoms with Crippen molar-refractivity contribution in [2.45, 2.75) is 12.0 Å². The number of esters is 1. The van der Waals surface area contributed by atoms with Crippen LogP contribution in [0.4, 0.5) is 4.79 Å². The van der Waals surface area contributed by atoms with Crippen LogP contribution in [0, 0.1) is 0 Å². The summed E-state index contributed by atoms with van der Waals surface area (Å²) in [4.78, 5) is 43.3. The lowest BCUT2D eigenvalue weighted by Crippen LogP contribution is -2.45. The van der Waals surface area contributed by atoms with Gasteiger partial charge >= 0.3 is 12.0 Å². The van der Waals surface area contributed by atoms with Crippen molar-refractivity contribution >= 4 is 17.9 Å². The third-order valence-electron chi connectivity index (χ3n) is 4.93. The predicted molar refractivity (Wildman–Crippen MR) is 108 cm³/mol. The smallest absolute Gasteiger partial charge is 0.328 e. The molecule has 30 heavy (non-hydrogen) atoms. The Bertz CT molecular complexity index is 1020. The quantitative estimate of drug-likeness (QED) is 0.507. The van der Waals surface area contributed by atoms with Gasteiger partial charge in [0.05, 0.1) is 12.1 Å². The van der Waals surface area contributed by atoms with Crippen LogP contribution in [0.15, 0.2) is 85.1 Å². The second kappa shape index (κ2) is 8.16. The van der Waals surface area contributed by atoms with Crippen molar-refractivity contribution in [1.82, 2.24) is 15.2 Å². The molecule has 0 spiro atoms. The number of urea groups is 1. The van der Waals surface area contributed by atoms with Crippen molar-refractivity contribution in [3.8, 4) is 0 Å². The molecule has 3 aromatic rings. The molecule has 1 N–H and O–H groups in total. The number of hydrogen-bond acceptors (Lipinski definition) is 5. The van der Waals surface area contributed by atoms with E-state index in [0.717, 1.165) is 4.90 Å². The van der Waals surface area contributed by atoms with Gasteiger partial charge in [0.25, 0.3) is 5.91 Å². The summed E-state index contributed by atoms with van der Waals surface area (Å²) < 4.78 is 5.20. The second-order valence-electron chi connectivity index (χ2n) is 6.79. The first-order chi connectivity index (χ1) is 14.6. The number of aromatic nitrogens is 1. The minimum Gasteiger partial charge on any atom is -0.443 e. The highest BCUT2D eigenvalue weighted by molar-refractivity contribution is 6.09. The van der Waals surface area contributed by atoms with Crippen LogP contribution >= 0.6 is 0 Å². The zero-order valence-electron chi connectivity index (χ0n) is 16.0. The van der Waals surface area contributed by atoms with Gasteiger partial charge in [-0.1, -0.05) is 66.7 Å². The van der Waals surface area contributed by atoms with E-state index in [4.69, 9.17) is 4.74 Å². The Morgan fingerprint density at radius 1 is 0.900 bits per heavy atom. The first-order valence-corrected chi connectivity index (χ1v) is 9.42. The van der Waals surface area contributed by atoms with Gasteiger partial charge < -0.3 is 10.1 Å². The summed E-state index contributed by atoms with van der Waals surface area (Å²) in [6.07, 6.45) is 1.53. The van der Waals surface area contributed by atoms with Crippen LogP contribution in [0.1, 0.15) is 16.8 Å². The summed E-state index contributed by atoms with van der Waals surface area (Å²) in [5, 5.41) is 2.81. The maximum atomic E-state index is 13.4. The molecule has 0 aliphatic carbocycles. The topological polar surface area (TPSA) is 88.6 Å². The summed E-state index contributed by atoms with van der Waals surface area (Å²) in [6, 6.07) is 22.6. The maximum Gasteiger partial charge on any atom is 0.328 e. The lowest BCUT2D eigenvalue weighted by Gasteiger charge is -2.27. The Labute approximate surface area is 173 Å². The molecule has 7 heteroatoms. The number of nitrogens with zero attached hydrogens (tertiary/aromatic N) is 2. The largest absolute Gasteiger partial charge is 0.443 e. The first-order valence-electron chi connectivity index (χ1n) is 9.42. The van der Waals surface area contributed by atoms with Crippen molar-refractivity contribution in [2.75, 3.05) is 6.73 Å². The van der Waals surface area contributed by atoms with Gasteiger partial charge in [-0.25, -0.2) is 9.69 Å². The van der Waals surface area contributed by atoms with Crippen LogP contribution in [0.2, 0.25) is 0 Å². The van der Waals surface area contributed by atoms with Crippen LogP contribution in [0.3, 0.4) is 0 Å². The highest BCUT2D eigenvalue weighted by Gasteiger charge is 2.54. The lowest BCUT2D eigenvalue weighted by atomic mass is 9.83. The molecule has 7 nitrogen and oxygen atoms in total. The molecule has 2 aromatic carbocycles. The third-order valence-corrected chi connectivity index (χ3v) is 4.93. The van der Waals surface area contributed by atoms with E-state index in [1.807, 2.05) is 12.1 Å². The summed E-state index contributed by atoms with van der Waals surface area (Å²) in [5.74, 6) is -1.08. The van der Waals surface area contributed by atoms with Crippen molar-refractivity contribution in [3.63, 3.8) is 0 Å². The molecule has 0 unspecified atom stereocenters. The average molecular weight is 401 g/mol. The summed E-state index contributed by atoms with van der Waals surface area (Å²) in [7, 11) is 0. The molecule has 0 bridgehead atoms. The molecule has 4 rings (SSSR count). The molecule has 0 saturated carbocycles. The van der Waals surface area contributed by atoms with E-state index in [1.54, 1.807) is 72.9 Å². The number of imide groups is 1. The second-order valence-corrected chi connectivity index (χ2v) is 6.79. The number of carbonyl (C=O) groups excluding carboxylic acids is 3. The van der Waals surface area contributed by atoms with Gasteiger partial charge in [0.1, 0.15) is 0 Å². The monoisotopic (exact) mass is 401 g/mol. The molecule has 1 aromatic heterocycles. The number of carbonyl (C=O) groups is 3. The van der Waals surface area contributed by atoms with Gasteiger partial charge in [0.15, 0.2) is 12.3 Å². The van der Waals surface area contributed by atoms with Crippen molar-refractivity contribution in [2.24, 2.45) is 0 Å². The molecule has 1 aliphatic rings. The van der Waals surface area contributed by atoms with Crippen LogP contribution in [0.5, 0.6) is 0 Å². The van der Waals surface area contributed by atoms with E-state index >= 15 is 0 Å². The number of rotatable bonds is 6. The lowest BCUT2D eigenvalue weighted by molar-refractivity contribution is -0.149. The molecule has 1 aliphatic heterocycles. The van der Waals surface area contributed by atoms with E-state index in [9.17, 15) is 14.4 Å². The molecule has 1 saturated heterocycles. The zero-order chi connectivity index (χ0) is 21.0. The van der Waals surface area contributed by atoms with E-state index in [1.165, 1.54) is 0 Å². The summed E-state index contributed by atoms with van der Waals surface area (Å²) in [5.41, 5.74) is 0.406. The van der Waals surface area contributed by atoms with E-state index in [-0.39, 0.29) is 6.42 Å². The van der Waals surface area contributed by atoms with Crippen LogP contribution < -0.4 is 5.32 Å². The van der Waals surface area contributed by atoms with Gasteiger partial charge in [-0.3, -0.25) is 14.6 Å². The van der Waals surface area contributed by atoms with Crippen LogP contribution in [-0.4, -0.2) is 34.5 Å². The van der Waals surface area contributed by atoms with E-state index < -0.39 is 30.2 Å². The molecular weight excluding hydrogens is 382 g/mol. The Hall–Kier alpha value is -4.00. The van der Waals surface area contributed by atoms with Crippen LogP contribution in [0.25, 0.3) is 0 Å². The molecule has 2 heterocycles. The number of pyridine rings is 1. The minimum atomic E-state index is -1.38. The number of nitrogens with one attached hydrogen (secondary N) is 1. The molecule has 0 radical (unpaired) electrons. The Balaban J connectivity index is 1.57. The molecule has 3 amide bonds. The van der Waals surface area contributed by atoms with Gasteiger partial charge in [0, 0.05) is 6.20 Å². The zero-order valence-corrected chi connectivity index (χ0v) is 16.0. The van der Waals surface area contributed by atoms with Gasteiger partial charge in [-0.15, -0.1) is 0 Å². The average Bonchev–Trinajstić information content (AvgIpc) is 3.05. The van der Waals surface area contributed by atoms with Gasteiger partial charge in [-0.05, 0) is 23.3 Å². The number of ether oxygens (including phenoxy) is 1. The highest BCUT2D eigenvalue weighted by atomic mass is 16.5. The fourth-order valence-electron chi connectivity index (χ4n) is 3.47. The Morgan fingerprint density at radius 2 is 1.50 bits per heavy atom. The molecule has 1 fully saturated rings. The molecule has 0 atom stereocenters. The summed E-state index contributed by atoms with van der Waals surface area (Å²) in [6.45, 7) is -0.474. The number of benzene rings is 2. The van der Waals surface area contributed by atoms with Crippen molar-refractivity contribution < 1.29 is 19.1 Å². The van der Waals surface area contributed by atoms with Crippen LogP contribution in [-0.2, 0) is 26.3 Å². The Kier molecular flexibility index (Phi) is 5.26. The van der Waals surface area contributed by atoms with Crippen molar-refractivity contribution in [1.29, 1.82) is 0 Å². The number of hydrogen-bond donors (Lipinski definition) is 1. The normalized spacial score (nSPS) is 15.0. The predicted octanol–water partition coefficient (Wildman–Crippen LogP) is 2.62. The maximum absolute atomic E-state index is 13.4. The van der Waals surface area contributed by atoms with Gasteiger partial charge in [-0.2, -0.15) is 0 Å². The summed E-state index contributed by atoms with van der Waals surface area (Å²) >= 11 is 0. The van der Waals surface area contributed by atoms with E-state index in [2.05, 4.69) is 10.3 Å². The third kappa shape index (κ3) is 3.53. The first kappa shape index (κ1) is 19.3. The Morgan fingerprint density at radius 3 is 2.07 bits per heavy atom. The fraction of sp³-hybridized carbons (Fsp3) is 0.130. The fourth-order valence-corrected chi connectivity index (χ4v) is 3.47. The van der Waals surface area contributed by atoms with Crippen molar-refractivity contribution in [3.05, 3.63) is 102 Å². The number of amides is 3. The molecular formula is C23H19N3O4. The van der Waals surface area contributed by atoms with Gasteiger partial charge in [0.2, 0.25) is 0 Å². The molecule has 150 valence electrons. The van der Waals surface area contributed by atoms with E-state index in [0.29, 0.717) is 16.8 Å². The minimum absolute atomic E-state index is 0.0486.